The van der Waals surface area contributed by atoms with Crippen molar-refractivity contribution in [2.75, 3.05) is 13.2 Å². The van der Waals surface area contributed by atoms with Gasteiger partial charge >= 0.3 is 0 Å². The number of hydrogen-bond donors (Lipinski definition) is 1. The molecule has 96 valence electrons. The minimum Gasteiger partial charge on any atom is -0.381 e. The molecule has 0 aromatic heterocycles. The fourth-order valence-electron chi connectivity index (χ4n) is 2.14. The summed E-state index contributed by atoms with van der Waals surface area (Å²) in [5, 5.41) is 12.3. The normalized spacial score (nSPS) is 20.6. The first-order valence-corrected chi connectivity index (χ1v) is 6.99. The Bertz CT molecular complexity index is 450. The summed E-state index contributed by atoms with van der Waals surface area (Å²) >= 11 is 3.51. The van der Waals surface area contributed by atoms with E-state index in [1.165, 1.54) is 5.56 Å². The van der Waals surface area contributed by atoms with E-state index in [0.29, 0.717) is 17.5 Å². The summed E-state index contributed by atoms with van der Waals surface area (Å²) in [7, 11) is 0. The summed E-state index contributed by atoms with van der Waals surface area (Å²) in [4.78, 5) is 0. The van der Waals surface area contributed by atoms with E-state index in [1.807, 2.05) is 18.2 Å². The van der Waals surface area contributed by atoms with Crippen molar-refractivity contribution < 1.29 is 4.74 Å². The van der Waals surface area contributed by atoms with E-state index in [-0.39, 0.29) is 0 Å². The van der Waals surface area contributed by atoms with Crippen molar-refractivity contribution in [1.29, 1.82) is 5.26 Å². The third-order valence-corrected chi connectivity index (χ3v) is 4.21. The summed E-state index contributed by atoms with van der Waals surface area (Å²) < 4.78 is 6.39. The summed E-state index contributed by atoms with van der Waals surface area (Å²) in [6, 6.07) is 8.30. The lowest BCUT2D eigenvalue weighted by atomic mass is 10.0. The van der Waals surface area contributed by atoms with Crippen LogP contribution in [0.5, 0.6) is 0 Å². The smallest absolute Gasteiger partial charge is 0.0992 e. The Morgan fingerprint density at radius 2 is 2.44 bits per heavy atom. The van der Waals surface area contributed by atoms with Crippen molar-refractivity contribution in [3.63, 3.8) is 0 Å². The molecule has 1 aromatic rings. The van der Waals surface area contributed by atoms with Crippen LogP contribution < -0.4 is 5.32 Å². The molecule has 1 aliphatic heterocycles. The Balaban J connectivity index is 1.91. The van der Waals surface area contributed by atoms with Crippen LogP contribution in [0, 0.1) is 17.2 Å². The fourth-order valence-corrected chi connectivity index (χ4v) is 2.66. The van der Waals surface area contributed by atoms with E-state index in [1.54, 1.807) is 0 Å². The lowest BCUT2D eigenvalue weighted by molar-refractivity contribution is 0.178. The first-order valence-electron chi connectivity index (χ1n) is 6.20. The van der Waals surface area contributed by atoms with Crippen LogP contribution in [0.1, 0.15) is 24.5 Å². The maximum Gasteiger partial charge on any atom is 0.0992 e. The van der Waals surface area contributed by atoms with Crippen molar-refractivity contribution in [2.24, 2.45) is 5.92 Å². The highest BCUT2D eigenvalue weighted by molar-refractivity contribution is 9.10. The van der Waals surface area contributed by atoms with Gasteiger partial charge < -0.3 is 10.1 Å². The molecule has 0 radical (unpaired) electrons. The maximum absolute atomic E-state index is 8.81. The number of nitrogens with zero attached hydrogens (tertiary/aromatic N) is 1. The molecule has 2 rings (SSSR count). The highest BCUT2D eigenvalue weighted by Crippen LogP contribution is 2.20. The molecule has 1 aromatic carbocycles. The van der Waals surface area contributed by atoms with E-state index >= 15 is 0 Å². The van der Waals surface area contributed by atoms with Gasteiger partial charge in [0.2, 0.25) is 0 Å². The Morgan fingerprint density at radius 3 is 3.06 bits per heavy atom. The number of ether oxygens (including phenoxy) is 1. The van der Waals surface area contributed by atoms with E-state index in [9.17, 15) is 0 Å². The van der Waals surface area contributed by atoms with Crippen molar-refractivity contribution in [2.45, 2.75) is 25.9 Å². The van der Waals surface area contributed by atoms with E-state index in [2.05, 4.69) is 34.2 Å². The molecule has 1 fully saturated rings. The average Bonchev–Trinajstić information content (AvgIpc) is 2.90. The molecule has 0 spiro atoms. The highest BCUT2D eigenvalue weighted by Gasteiger charge is 2.21. The van der Waals surface area contributed by atoms with Crippen LogP contribution in [-0.2, 0) is 11.3 Å². The predicted octanol–water partition coefficient (Wildman–Crippen LogP) is 2.84. The van der Waals surface area contributed by atoms with Crippen molar-refractivity contribution in [3.05, 3.63) is 33.8 Å². The van der Waals surface area contributed by atoms with E-state index in [0.717, 1.165) is 30.7 Å². The Kier molecular flexibility index (Phi) is 4.76. The third-order valence-electron chi connectivity index (χ3n) is 3.47. The van der Waals surface area contributed by atoms with E-state index < -0.39 is 0 Å². The topological polar surface area (TPSA) is 45.0 Å². The molecule has 0 saturated carbocycles. The number of rotatable bonds is 4. The molecule has 1 heterocycles. The van der Waals surface area contributed by atoms with Gasteiger partial charge in [0.25, 0.3) is 0 Å². The zero-order valence-corrected chi connectivity index (χ0v) is 12.0. The van der Waals surface area contributed by atoms with Gasteiger partial charge in [-0.05, 0) is 37.0 Å². The molecule has 4 heteroatoms. The highest BCUT2D eigenvalue weighted by atomic mass is 79.9. The summed E-state index contributed by atoms with van der Waals surface area (Å²) in [6.45, 7) is 4.76. The Hall–Kier alpha value is -0.890. The van der Waals surface area contributed by atoms with Crippen LogP contribution in [0.3, 0.4) is 0 Å². The van der Waals surface area contributed by atoms with Gasteiger partial charge in [-0.15, -0.1) is 0 Å². The molecule has 3 nitrogen and oxygen atoms in total. The van der Waals surface area contributed by atoms with Crippen LogP contribution >= 0.6 is 15.9 Å². The minimum absolute atomic E-state index is 0.454. The van der Waals surface area contributed by atoms with Gasteiger partial charge in [-0.2, -0.15) is 5.26 Å². The lowest BCUT2D eigenvalue weighted by Gasteiger charge is -2.19. The monoisotopic (exact) mass is 308 g/mol. The maximum atomic E-state index is 8.81. The average molecular weight is 309 g/mol. The van der Waals surface area contributed by atoms with Crippen LogP contribution in [0.25, 0.3) is 0 Å². The molecule has 0 unspecified atom stereocenters. The van der Waals surface area contributed by atoms with E-state index in [4.69, 9.17) is 10.00 Å². The Morgan fingerprint density at radius 1 is 1.61 bits per heavy atom. The van der Waals surface area contributed by atoms with Gasteiger partial charge in [0.15, 0.2) is 0 Å². The molecule has 0 aliphatic carbocycles. The number of hydrogen-bond acceptors (Lipinski definition) is 3. The van der Waals surface area contributed by atoms with Gasteiger partial charge in [0.05, 0.1) is 18.2 Å². The molecular formula is C14H17BrN2O. The van der Waals surface area contributed by atoms with Crippen LogP contribution in [0.15, 0.2) is 22.7 Å². The van der Waals surface area contributed by atoms with Gasteiger partial charge in [0.1, 0.15) is 0 Å². The quantitative estimate of drug-likeness (QED) is 0.930. The summed E-state index contributed by atoms with van der Waals surface area (Å²) in [5.74, 6) is 0.613. The second-order valence-electron chi connectivity index (χ2n) is 4.71. The van der Waals surface area contributed by atoms with Crippen LogP contribution in [0.2, 0.25) is 0 Å². The lowest BCUT2D eigenvalue weighted by Crippen LogP contribution is -2.33. The van der Waals surface area contributed by atoms with Gasteiger partial charge in [-0.3, -0.25) is 0 Å². The minimum atomic E-state index is 0.454. The molecular weight excluding hydrogens is 292 g/mol. The Labute approximate surface area is 116 Å². The number of nitrogens with one attached hydrogen (secondary N) is 1. The molecule has 1 saturated heterocycles. The summed E-state index contributed by atoms with van der Waals surface area (Å²) in [6.07, 6.45) is 1.14. The second kappa shape index (κ2) is 6.33. The second-order valence-corrected chi connectivity index (χ2v) is 5.57. The molecule has 2 atom stereocenters. The molecule has 1 N–H and O–H groups in total. The van der Waals surface area contributed by atoms with Crippen LogP contribution in [-0.4, -0.2) is 19.3 Å². The fraction of sp³-hybridized carbons (Fsp3) is 0.500. The van der Waals surface area contributed by atoms with Crippen LogP contribution in [0.4, 0.5) is 0 Å². The molecule has 1 aliphatic rings. The van der Waals surface area contributed by atoms with Gasteiger partial charge in [-0.25, -0.2) is 0 Å². The SMILES string of the molecule is C[C@@H](NCc1ccc(C#N)cc1Br)[C@@H]1CCOC1. The zero-order chi connectivity index (χ0) is 13.0. The van der Waals surface area contributed by atoms with Crippen molar-refractivity contribution >= 4 is 15.9 Å². The van der Waals surface area contributed by atoms with Crippen molar-refractivity contribution in [1.82, 2.24) is 5.32 Å². The predicted molar refractivity (Wildman–Crippen MR) is 74.1 cm³/mol. The molecule has 0 bridgehead atoms. The first kappa shape index (κ1) is 13.5. The summed E-state index contributed by atoms with van der Waals surface area (Å²) in [5.41, 5.74) is 1.86. The number of halogens is 1. The van der Waals surface area contributed by atoms with Gasteiger partial charge in [0, 0.05) is 23.7 Å². The third kappa shape index (κ3) is 3.32. The zero-order valence-electron chi connectivity index (χ0n) is 10.4. The first-order chi connectivity index (χ1) is 8.70. The van der Waals surface area contributed by atoms with Gasteiger partial charge in [-0.1, -0.05) is 22.0 Å². The number of nitriles is 1. The molecule has 18 heavy (non-hydrogen) atoms. The number of benzene rings is 1. The van der Waals surface area contributed by atoms with Crippen molar-refractivity contribution in [3.8, 4) is 6.07 Å². The molecule has 0 amide bonds. The standard InChI is InChI=1S/C14H17BrN2O/c1-10(13-4-5-18-9-13)17-8-12-3-2-11(7-16)6-14(12)15/h2-3,6,10,13,17H,4-5,8-9H2,1H3/t10-,13-/m1/s1. The largest absolute Gasteiger partial charge is 0.381 e.